The molecule has 0 radical (unpaired) electrons. The van der Waals surface area contributed by atoms with Crippen molar-refractivity contribution in [3.05, 3.63) is 0 Å². The lowest BCUT2D eigenvalue weighted by Gasteiger charge is -2.38. The predicted molar refractivity (Wildman–Crippen MR) is 87.6 cm³/mol. The molecule has 2 fully saturated rings. The van der Waals surface area contributed by atoms with Gasteiger partial charge in [-0.05, 0) is 25.7 Å². The molecule has 2 nitrogen and oxygen atoms in total. The van der Waals surface area contributed by atoms with Crippen LogP contribution in [0.15, 0.2) is 0 Å². The van der Waals surface area contributed by atoms with E-state index >= 15 is 0 Å². The van der Waals surface area contributed by atoms with Gasteiger partial charge in [-0.2, -0.15) is 0 Å². The van der Waals surface area contributed by atoms with Crippen LogP contribution in [0.1, 0.15) is 51.4 Å². The highest BCUT2D eigenvalue weighted by Crippen LogP contribution is 2.28. The molecule has 20 heavy (non-hydrogen) atoms. The molecule has 0 unspecified atom stereocenters. The van der Waals surface area contributed by atoms with Crippen molar-refractivity contribution in [3.63, 3.8) is 0 Å². The molecule has 118 valence electrons. The fourth-order valence-electron chi connectivity index (χ4n) is 4.51. The Labute approximate surface area is 127 Å². The molecule has 0 amide bonds. The lowest BCUT2D eigenvalue weighted by Crippen LogP contribution is -2.53. The molecule has 2 aliphatic carbocycles. The Kier molecular flexibility index (Phi) is 5.53. The van der Waals surface area contributed by atoms with Gasteiger partial charge in [0.25, 0.3) is 0 Å². The van der Waals surface area contributed by atoms with Gasteiger partial charge < -0.3 is 8.97 Å². The van der Waals surface area contributed by atoms with Crippen LogP contribution in [0.5, 0.6) is 0 Å². The van der Waals surface area contributed by atoms with Gasteiger partial charge in [0.1, 0.15) is 13.1 Å². The quantitative estimate of drug-likeness (QED) is 0.627. The van der Waals surface area contributed by atoms with E-state index in [-0.39, 0.29) is 0 Å². The average Bonchev–Trinajstić information content (AvgIpc) is 2.99. The van der Waals surface area contributed by atoms with Crippen LogP contribution >= 0.6 is 0 Å². The summed E-state index contributed by atoms with van der Waals surface area (Å²) in [5.41, 5.74) is 0. The van der Waals surface area contributed by atoms with E-state index in [0.29, 0.717) is 0 Å². The van der Waals surface area contributed by atoms with E-state index in [0.717, 1.165) is 11.8 Å². The van der Waals surface area contributed by atoms with Gasteiger partial charge in [0.2, 0.25) is 0 Å². The molecule has 0 bridgehead atoms. The Balaban J connectivity index is 1.73. The monoisotopic (exact) mass is 282 g/mol. The Hall–Kier alpha value is -0.0800. The number of likely N-dealkylation sites (N-methyl/N-ethyl adjacent to an activating group) is 2. The van der Waals surface area contributed by atoms with Crippen LogP contribution in [-0.4, -0.2) is 63.3 Å². The van der Waals surface area contributed by atoms with Crippen molar-refractivity contribution in [2.75, 3.05) is 54.4 Å². The van der Waals surface area contributed by atoms with E-state index in [1.54, 1.807) is 0 Å². The first-order valence-electron chi connectivity index (χ1n) is 9.00. The van der Waals surface area contributed by atoms with Crippen molar-refractivity contribution < 1.29 is 8.97 Å². The molecule has 2 saturated carbocycles. The maximum absolute atomic E-state index is 2.45. The minimum Gasteiger partial charge on any atom is -0.324 e. The van der Waals surface area contributed by atoms with Gasteiger partial charge in [0.05, 0.1) is 41.3 Å². The summed E-state index contributed by atoms with van der Waals surface area (Å²) in [5, 5.41) is 0. The molecule has 2 aliphatic rings. The van der Waals surface area contributed by atoms with E-state index < -0.39 is 0 Å². The van der Waals surface area contributed by atoms with Crippen molar-refractivity contribution in [1.82, 2.24) is 0 Å². The second-order valence-corrected chi connectivity index (χ2v) is 8.98. The first-order valence-corrected chi connectivity index (χ1v) is 9.00. The topological polar surface area (TPSA) is 0 Å². The first kappa shape index (κ1) is 16.3. The highest BCUT2D eigenvalue weighted by atomic mass is 15.4. The molecule has 0 aliphatic heterocycles. The third kappa shape index (κ3) is 5.37. The number of rotatable bonds is 7. The Morgan fingerprint density at radius 3 is 1.20 bits per heavy atom. The normalized spacial score (nSPS) is 22.8. The number of quaternary nitrogens is 2. The summed E-state index contributed by atoms with van der Waals surface area (Å²) in [7, 11) is 9.81. The van der Waals surface area contributed by atoms with Crippen molar-refractivity contribution in [1.29, 1.82) is 0 Å². The standard InChI is InChI=1S/C18H38N2/c1-19(2,15-17-9-5-6-10-17)13-14-20(3,4)16-18-11-7-8-12-18/h17-18H,5-16H2,1-4H3/q+2. The molecule has 0 spiro atoms. The Morgan fingerprint density at radius 1 is 0.600 bits per heavy atom. The largest absolute Gasteiger partial charge is 0.324 e. The van der Waals surface area contributed by atoms with Crippen LogP contribution in [0.2, 0.25) is 0 Å². The second-order valence-electron chi connectivity index (χ2n) is 8.98. The van der Waals surface area contributed by atoms with Crippen molar-refractivity contribution in [3.8, 4) is 0 Å². The van der Waals surface area contributed by atoms with E-state index in [9.17, 15) is 0 Å². The number of hydrogen-bond acceptors (Lipinski definition) is 0. The SMILES string of the molecule is C[N+](C)(CC[N+](C)(C)CC1CCCC1)CC1CCCC1. The molecule has 0 N–H and O–H groups in total. The second kappa shape index (κ2) is 6.79. The maximum atomic E-state index is 2.45. The molecule has 0 saturated heterocycles. The summed E-state index contributed by atoms with van der Waals surface area (Å²) < 4.78 is 2.47. The van der Waals surface area contributed by atoms with Crippen LogP contribution in [0.25, 0.3) is 0 Å². The third-order valence-electron chi connectivity index (χ3n) is 5.77. The van der Waals surface area contributed by atoms with Crippen molar-refractivity contribution >= 4 is 0 Å². The smallest absolute Gasteiger partial charge is 0.128 e. The minimum absolute atomic E-state index is 1.01. The Bertz CT molecular complexity index is 254. The molecular weight excluding hydrogens is 244 g/mol. The zero-order valence-corrected chi connectivity index (χ0v) is 14.5. The minimum atomic E-state index is 1.01. The highest BCUT2D eigenvalue weighted by molar-refractivity contribution is 4.67. The Morgan fingerprint density at radius 2 is 0.900 bits per heavy atom. The summed E-state index contributed by atoms with van der Waals surface area (Å²) in [5.74, 6) is 2.02. The van der Waals surface area contributed by atoms with E-state index in [1.165, 1.54) is 86.5 Å². The van der Waals surface area contributed by atoms with Crippen LogP contribution in [0, 0.1) is 11.8 Å². The average molecular weight is 283 g/mol. The van der Waals surface area contributed by atoms with Crippen LogP contribution < -0.4 is 0 Å². The fourth-order valence-corrected chi connectivity index (χ4v) is 4.51. The van der Waals surface area contributed by atoms with Gasteiger partial charge in [0.15, 0.2) is 0 Å². The van der Waals surface area contributed by atoms with Gasteiger partial charge in [-0.3, -0.25) is 0 Å². The maximum Gasteiger partial charge on any atom is 0.128 e. The molecule has 2 heteroatoms. The van der Waals surface area contributed by atoms with Crippen molar-refractivity contribution in [2.45, 2.75) is 51.4 Å². The summed E-state index contributed by atoms with van der Waals surface area (Å²) in [6.07, 6.45) is 11.9. The van der Waals surface area contributed by atoms with Gasteiger partial charge in [0, 0.05) is 11.8 Å². The predicted octanol–water partition coefficient (Wildman–Crippen LogP) is 3.52. The third-order valence-corrected chi connectivity index (χ3v) is 5.77. The van der Waals surface area contributed by atoms with Gasteiger partial charge in [-0.15, -0.1) is 0 Å². The lowest BCUT2D eigenvalue weighted by molar-refractivity contribution is -0.948. The van der Waals surface area contributed by atoms with Crippen molar-refractivity contribution in [2.24, 2.45) is 11.8 Å². The zero-order chi connectivity index (χ0) is 14.6. The van der Waals surface area contributed by atoms with Gasteiger partial charge in [-0.25, -0.2) is 0 Å². The number of hydrogen-bond donors (Lipinski definition) is 0. The van der Waals surface area contributed by atoms with Gasteiger partial charge >= 0.3 is 0 Å². The summed E-state index contributed by atoms with van der Waals surface area (Å²) in [4.78, 5) is 0. The summed E-state index contributed by atoms with van der Waals surface area (Å²) in [6.45, 7) is 5.50. The molecule has 0 aromatic carbocycles. The van der Waals surface area contributed by atoms with E-state index in [2.05, 4.69) is 28.2 Å². The molecule has 2 rings (SSSR count). The van der Waals surface area contributed by atoms with Crippen LogP contribution in [0.4, 0.5) is 0 Å². The van der Waals surface area contributed by atoms with Gasteiger partial charge in [-0.1, -0.05) is 25.7 Å². The van der Waals surface area contributed by atoms with Crippen LogP contribution in [-0.2, 0) is 0 Å². The highest BCUT2D eigenvalue weighted by Gasteiger charge is 2.29. The fraction of sp³-hybridized carbons (Fsp3) is 1.00. The molecule has 0 atom stereocenters. The van der Waals surface area contributed by atoms with Crippen LogP contribution in [0.3, 0.4) is 0 Å². The molecule has 0 aromatic heterocycles. The summed E-state index contributed by atoms with van der Waals surface area (Å²) in [6, 6.07) is 0. The number of nitrogens with zero attached hydrogens (tertiary/aromatic N) is 2. The summed E-state index contributed by atoms with van der Waals surface area (Å²) >= 11 is 0. The molecule has 0 aromatic rings. The lowest BCUT2D eigenvalue weighted by atomic mass is 10.1. The molecule has 0 heterocycles. The first-order chi connectivity index (χ1) is 9.36. The van der Waals surface area contributed by atoms with E-state index in [4.69, 9.17) is 0 Å². The zero-order valence-electron chi connectivity index (χ0n) is 14.5. The van der Waals surface area contributed by atoms with E-state index in [1.807, 2.05) is 0 Å². The molecular formula is C18H38N2+2.